The topological polar surface area (TPSA) is 108 Å². The van der Waals surface area contributed by atoms with Gasteiger partial charge in [0.1, 0.15) is 24.1 Å². The molecule has 1 aliphatic heterocycles. The first-order chi connectivity index (χ1) is 22.6. The third kappa shape index (κ3) is 8.03. The van der Waals surface area contributed by atoms with Gasteiger partial charge >= 0.3 is 12.2 Å². The lowest BCUT2D eigenvalue weighted by Gasteiger charge is -2.37. The van der Waals surface area contributed by atoms with Crippen LogP contribution in [0, 0.1) is 12.8 Å². The van der Waals surface area contributed by atoms with Gasteiger partial charge in [0, 0.05) is 18.5 Å². The predicted octanol–water partition coefficient (Wildman–Crippen LogP) is 7.49. The van der Waals surface area contributed by atoms with Gasteiger partial charge in [0.15, 0.2) is 11.5 Å². The fourth-order valence-electron chi connectivity index (χ4n) is 5.55. The molecule has 1 saturated heterocycles. The maximum atomic E-state index is 13.9. The van der Waals surface area contributed by atoms with Crippen molar-refractivity contribution in [3.63, 3.8) is 0 Å². The minimum absolute atomic E-state index is 0.0875. The van der Waals surface area contributed by atoms with E-state index in [-0.39, 0.29) is 12.5 Å². The Morgan fingerprint density at radius 1 is 1.09 bits per heavy atom. The molecule has 0 spiro atoms. The van der Waals surface area contributed by atoms with E-state index >= 15 is 0 Å². The van der Waals surface area contributed by atoms with Crippen LogP contribution in [0.3, 0.4) is 0 Å². The Morgan fingerprint density at radius 2 is 1.83 bits per heavy atom. The molecule has 11 heteroatoms. The maximum Gasteiger partial charge on any atom is 0.420 e. The second-order valence-corrected chi connectivity index (χ2v) is 12.4. The summed E-state index contributed by atoms with van der Waals surface area (Å²) in [6, 6.07) is 18.5. The maximum absolute atomic E-state index is 13.9. The van der Waals surface area contributed by atoms with Crippen molar-refractivity contribution >= 4 is 29.3 Å². The van der Waals surface area contributed by atoms with Crippen LogP contribution in [0.4, 0.5) is 21.1 Å². The molecular weight excluding hydrogens is 598 g/mol. The molecule has 4 aromatic rings. The Hall–Kier alpha value is -5.06. The summed E-state index contributed by atoms with van der Waals surface area (Å²) in [5.41, 5.74) is 1.76. The number of rotatable bonds is 10. The molecule has 0 bridgehead atoms. The lowest BCUT2D eigenvalue weighted by Crippen LogP contribution is -2.49. The zero-order valence-corrected chi connectivity index (χ0v) is 27.7. The van der Waals surface area contributed by atoms with E-state index in [0.29, 0.717) is 66.9 Å². The summed E-state index contributed by atoms with van der Waals surface area (Å²) >= 11 is 0. The van der Waals surface area contributed by atoms with Crippen LogP contribution in [0.15, 0.2) is 79.5 Å². The van der Waals surface area contributed by atoms with Crippen molar-refractivity contribution in [3.05, 3.63) is 90.6 Å². The number of amides is 2. The molecule has 0 saturated carbocycles. The van der Waals surface area contributed by atoms with E-state index in [0.717, 1.165) is 5.56 Å². The number of hydrogen-bond acceptors (Lipinski definition) is 8. The third-order valence-electron chi connectivity index (χ3n) is 7.78. The molecule has 248 valence electrons. The van der Waals surface area contributed by atoms with Crippen LogP contribution in [-0.2, 0) is 16.1 Å². The summed E-state index contributed by atoms with van der Waals surface area (Å²) in [7, 11) is 0. The van der Waals surface area contributed by atoms with Gasteiger partial charge in [-0.1, -0.05) is 36.4 Å². The van der Waals surface area contributed by atoms with E-state index in [1.807, 2.05) is 71.0 Å². The summed E-state index contributed by atoms with van der Waals surface area (Å²) < 4.78 is 25.4. The lowest BCUT2D eigenvalue weighted by atomic mass is 9.91. The SMILES string of the molecule is C=CCC1CCN(C(=O)OCc2ccccc2)CC1Oc1nc2ccnn2c(N(C(=O)OC(C)(C)C)c2ccc(OCC)cc2)c1C. The molecule has 0 N–H and O–H groups in total. The van der Waals surface area contributed by atoms with Gasteiger partial charge in [-0.2, -0.15) is 14.6 Å². The molecule has 2 aromatic heterocycles. The zero-order chi connectivity index (χ0) is 33.6. The van der Waals surface area contributed by atoms with Gasteiger partial charge in [0.25, 0.3) is 0 Å². The second kappa shape index (κ2) is 14.6. The molecule has 0 radical (unpaired) electrons. The summed E-state index contributed by atoms with van der Waals surface area (Å²) in [6.07, 6.45) is 3.49. The number of carbonyl (C=O) groups excluding carboxylic acids is 2. The van der Waals surface area contributed by atoms with Crippen LogP contribution in [-0.4, -0.2) is 63.1 Å². The highest BCUT2D eigenvalue weighted by Gasteiger charge is 2.35. The van der Waals surface area contributed by atoms with E-state index in [4.69, 9.17) is 23.9 Å². The average Bonchev–Trinajstić information content (AvgIpc) is 3.51. The number of piperidine rings is 1. The van der Waals surface area contributed by atoms with Crippen molar-refractivity contribution in [3.8, 4) is 11.6 Å². The van der Waals surface area contributed by atoms with Crippen molar-refractivity contribution in [2.24, 2.45) is 5.92 Å². The molecule has 1 fully saturated rings. The summed E-state index contributed by atoms with van der Waals surface area (Å²) in [4.78, 5) is 35.0. The van der Waals surface area contributed by atoms with Crippen LogP contribution in [0.2, 0.25) is 0 Å². The zero-order valence-electron chi connectivity index (χ0n) is 27.7. The predicted molar refractivity (Wildman–Crippen MR) is 179 cm³/mol. The Morgan fingerprint density at radius 3 is 2.51 bits per heavy atom. The number of ether oxygens (including phenoxy) is 4. The Labute approximate surface area is 275 Å². The van der Waals surface area contributed by atoms with Crippen LogP contribution in [0.25, 0.3) is 5.65 Å². The molecule has 2 aromatic carbocycles. The fraction of sp³-hybridized carbons (Fsp3) is 0.389. The first-order valence-corrected chi connectivity index (χ1v) is 15.9. The van der Waals surface area contributed by atoms with E-state index in [2.05, 4.69) is 11.7 Å². The van der Waals surface area contributed by atoms with Crippen LogP contribution in [0.1, 0.15) is 51.7 Å². The molecule has 11 nitrogen and oxygen atoms in total. The summed E-state index contributed by atoms with van der Waals surface area (Å²) in [5, 5.41) is 4.51. The standard InChI is InChI=1S/C36H43N5O6/c1-7-12-27-20-22-39(34(42)45-24-26-13-10-9-11-14-26)23-30(27)46-32-25(3)33(41-31(38-32)19-21-37-41)40(35(43)47-36(4,5)6)28-15-17-29(18-16-28)44-8-2/h7,9-11,13-19,21,27,30H,1,8,12,20,22-24H2,2-6H3. The molecule has 2 atom stereocenters. The quantitative estimate of drug-likeness (QED) is 0.164. The van der Waals surface area contributed by atoms with E-state index in [1.54, 1.807) is 45.9 Å². The van der Waals surface area contributed by atoms with Gasteiger partial charge in [-0.05, 0) is 77.3 Å². The average molecular weight is 642 g/mol. The number of fused-ring (bicyclic) bond motifs is 1. The number of benzene rings is 2. The summed E-state index contributed by atoms with van der Waals surface area (Å²) in [6.45, 7) is 14.7. The van der Waals surface area contributed by atoms with Crippen molar-refractivity contribution < 1.29 is 28.5 Å². The molecule has 5 rings (SSSR count). The van der Waals surface area contributed by atoms with Crippen LogP contribution in [0.5, 0.6) is 11.6 Å². The minimum Gasteiger partial charge on any atom is -0.494 e. The highest BCUT2D eigenvalue weighted by molar-refractivity contribution is 5.96. The number of carbonyl (C=O) groups is 2. The Bertz CT molecular complexity index is 1680. The van der Waals surface area contributed by atoms with Gasteiger partial charge in [-0.15, -0.1) is 6.58 Å². The van der Waals surface area contributed by atoms with Crippen LogP contribution >= 0.6 is 0 Å². The molecule has 2 unspecified atom stereocenters. The fourth-order valence-corrected chi connectivity index (χ4v) is 5.55. The number of nitrogens with zero attached hydrogens (tertiary/aromatic N) is 5. The van der Waals surface area contributed by atoms with Gasteiger partial charge < -0.3 is 23.8 Å². The molecule has 47 heavy (non-hydrogen) atoms. The number of allylic oxidation sites excluding steroid dienone is 1. The monoisotopic (exact) mass is 641 g/mol. The molecule has 3 heterocycles. The number of anilines is 2. The molecule has 1 aliphatic rings. The number of aromatic nitrogens is 3. The van der Waals surface area contributed by atoms with Gasteiger partial charge in [0.2, 0.25) is 5.88 Å². The number of likely N-dealkylation sites (tertiary alicyclic amines) is 1. The van der Waals surface area contributed by atoms with E-state index in [9.17, 15) is 9.59 Å². The minimum atomic E-state index is -0.761. The molecular formula is C36H43N5O6. The van der Waals surface area contributed by atoms with Crippen LogP contribution < -0.4 is 14.4 Å². The van der Waals surface area contributed by atoms with Crippen molar-refractivity contribution in [2.75, 3.05) is 24.6 Å². The smallest absolute Gasteiger partial charge is 0.420 e. The Balaban J connectivity index is 1.49. The third-order valence-corrected chi connectivity index (χ3v) is 7.78. The van der Waals surface area contributed by atoms with Crippen molar-refractivity contribution in [1.82, 2.24) is 19.5 Å². The molecule has 0 aliphatic carbocycles. The normalized spacial score (nSPS) is 16.4. The highest BCUT2D eigenvalue weighted by atomic mass is 16.6. The van der Waals surface area contributed by atoms with Crippen molar-refractivity contribution in [1.29, 1.82) is 0 Å². The lowest BCUT2D eigenvalue weighted by molar-refractivity contribution is 0.0250. The highest BCUT2D eigenvalue weighted by Crippen LogP contribution is 2.37. The second-order valence-electron chi connectivity index (χ2n) is 12.4. The first-order valence-electron chi connectivity index (χ1n) is 15.9. The van der Waals surface area contributed by atoms with E-state index < -0.39 is 23.9 Å². The van der Waals surface area contributed by atoms with Gasteiger partial charge in [-0.3, -0.25) is 0 Å². The van der Waals surface area contributed by atoms with E-state index in [1.165, 1.54) is 4.90 Å². The number of hydrogen-bond donors (Lipinski definition) is 0. The summed E-state index contributed by atoms with van der Waals surface area (Å²) in [5.74, 6) is 1.51. The van der Waals surface area contributed by atoms with Crippen molar-refractivity contribution in [2.45, 2.75) is 65.8 Å². The Kier molecular flexibility index (Phi) is 10.3. The largest absolute Gasteiger partial charge is 0.494 e. The molecule has 2 amide bonds. The first kappa shape index (κ1) is 33.3. The van der Waals surface area contributed by atoms with Gasteiger partial charge in [-0.25, -0.2) is 14.5 Å². The van der Waals surface area contributed by atoms with Gasteiger partial charge in [0.05, 0.1) is 30.6 Å².